The third-order valence-corrected chi connectivity index (χ3v) is 5.27. The molecule has 1 amide bonds. The van der Waals surface area contributed by atoms with Gasteiger partial charge in [-0.3, -0.25) is 4.79 Å². The van der Waals surface area contributed by atoms with Gasteiger partial charge in [0.25, 0.3) is 0 Å². The number of amides is 1. The lowest BCUT2D eigenvalue weighted by molar-refractivity contribution is -0.121. The molecular formula is C24H30N2O. The fourth-order valence-electron chi connectivity index (χ4n) is 3.89. The highest BCUT2D eigenvalue weighted by Gasteiger charge is 2.23. The molecule has 0 aliphatic heterocycles. The molecule has 0 saturated heterocycles. The van der Waals surface area contributed by atoms with Gasteiger partial charge in [-0.25, -0.2) is 0 Å². The topological polar surface area (TPSA) is 34.0 Å². The van der Waals surface area contributed by atoms with Crippen LogP contribution in [0.25, 0.3) is 10.9 Å². The molecule has 3 heteroatoms. The van der Waals surface area contributed by atoms with Crippen LogP contribution < -0.4 is 5.32 Å². The molecule has 0 spiro atoms. The molecule has 1 heterocycles. The van der Waals surface area contributed by atoms with Crippen molar-refractivity contribution in [1.82, 2.24) is 9.88 Å². The summed E-state index contributed by atoms with van der Waals surface area (Å²) in [6, 6.07) is 17.0. The van der Waals surface area contributed by atoms with Crippen molar-refractivity contribution in [1.29, 1.82) is 0 Å². The minimum absolute atomic E-state index is 0.0606. The van der Waals surface area contributed by atoms with Crippen LogP contribution in [0.5, 0.6) is 0 Å². The fraction of sp³-hybridized carbons (Fsp3) is 0.375. The van der Waals surface area contributed by atoms with Gasteiger partial charge >= 0.3 is 0 Å². The van der Waals surface area contributed by atoms with Crippen LogP contribution in [0.4, 0.5) is 0 Å². The molecule has 142 valence electrons. The monoisotopic (exact) mass is 362 g/mol. The number of carbonyl (C=O) groups is 1. The maximum atomic E-state index is 12.6. The molecule has 0 radical (unpaired) electrons. The maximum absolute atomic E-state index is 12.6. The van der Waals surface area contributed by atoms with Gasteiger partial charge in [0, 0.05) is 37.0 Å². The Kier molecular flexibility index (Phi) is 6.33. The van der Waals surface area contributed by atoms with Gasteiger partial charge < -0.3 is 9.88 Å². The molecule has 3 rings (SSSR count). The zero-order chi connectivity index (χ0) is 19.2. The number of aryl methyl sites for hydroxylation is 2. The molecule has 3 aromatic rings. The van der Waals surface area contributed by atoms with E-state index in [-0.39, 0.29) is 11.8 Å². The predicted molar refractivity (Wildman–Crippen MR) is 113 cm³/mol. The summed E-state index contributed by atoms with van der Waals surface area (Å²) in [5, 5.41) is 4.32. The van der Waals surface area contributed by atoms with Crippen LogP contribution in [0.1, 0.15) is 56.2 Å². The molecule has 0 aliphatic rings. The van der Waals surface area contributed by atoms with Gasteiger partial charge in [0.2, 0.25) is 5.91 Å². The van der Waals surface area contributed by atoms with Crippen molar-refractivity contribution in [3.63, 3.8) is 0 Å². The molecule has 0 fully saturated rings. The fourth-order valence-corrected chi connectivity index (χ4v) is 3.89. The maximum Gasteiger partial charge on any atom is 0.220 e. The number of carbonyl (C=O) groups excluding carboxylic acids is 1. The van der Waals surface area contributed by atoms with Crippen molar-refractivity contribution < 1.29 is 4.79 Å². The highest BCUT2D eigenvalue weighted by atomic mass is 16.1. The quantitative estimate of drug-likeness (QED) is 0.582. The van der Waals surface area contributed by atoms with Crippen molar-refractivity contribution in [2.45, 2.75) is 52.5 Å². The first-order valence-corrected chi connectivity index (χ1v) is 10.1. The number of fused-ring (bicyclic) bond motifs is 1. The standard InChI is InChI=1S/C24H30N2O/c1-4-15-25-23(27)16-21(19-11-8-7-9-12-19)22-17-26(6-3)24-18(5-2)13-10-14-20(22)24/h7-14,17,21H,4-6,15-16H2,1-3H3,(H,25,27)/t21-/m1/s1. The summed E-state index contributed by atoms with van der Waals surface area (Å²) in [4.78, 5) is 12.6. The summed E-state index contributed by atoms with van der Waals surface area (Å²) in [5.74, 6) is 0.181. The van der Waals surface area contributed by atoms with E-state index in [2.05, 4.69) is 79.3 Å². The van der Waals surface area contributed by atoms with Gasteiger partial charge in [0.1, 0.15) is 0 Å². The number of aromatic nitrogens is 1. The van der Waals surface area contributed by atoms with Gasteiger partial charge in [-0.15, -0.1) is 0 Å². The van der Waals surface area contributed by atoms with Gasteiger partial charge in [-0.05, 0) is 36.5 Å². The van der Waals surface area contributed by atoms with Crippen molar-refractivity contribution >= 4 is 16.8 Å². The Hall–Kier alpha value is -2.55. The normalized spacial score (nSPS) is 12.3. The number of benzene rings is 2. The Labute approximate surface area is 162 Å². The Morgan fingerprint density at radius 1 is 1.04 bits per heavy atom. The number of rotatable bonds is 8. The SMILES string of the molecule is CCCNC(=O)C[C@H](c1ccccc1)c1cn(CC)c2c(CC)cccc12. The van der Waals surface area contributed by atoms with Crippen LogP contribution in [-0.2, 0) is 17.8 Å². The second-order valence-electron chi connectivity index (χ2n) is 7.05. The van der Waals surface area contributed by atoms with E-state index in [9.17, 15) is 4.79 Å². The van der Waals surface area contributed by atoms with Crippen molar-refractivity contribution in [2.75, 3.05) is 6.54 Å². The van der Waals surface area contributed by atoms with E-state index in [1.54, 1.807) is 0 Å². The number of para-hydroxylation sites is 1. The summed E-state index contributed by atoms with van der Waals surface area (Å²) in [7, 11) is 0. The van der Waals surface area contributed by atoms with Crippen LogP contribution in [0, 0.1) is 0 Å². The molecule has 0 bridgehead atoms. The predicted octanol–water partition coefficient (Wildman–Crippen LogP) is 5.27. The molecular weight excluding hydrogens is 332 g/mol. The summed E-state index contributed by atoms with van der Waals surface area (Å²) >= 11 is 0. The van der Waals surface area contributed by atoms with Crippen LogP contribution in [-0.4, -0.2) is 17.0 Å². The molecule has 0 aliphatic carbocycles. The first kappa shape index (κ1) is 19.2. The second-order valence-corrected chi connectivity index (χ2v) is 7.05. The van der Waals surface area contributed by atoms with E-state index in [1.165, 1.54) is 27.6 Å². The molecule has 2 aromatic carbocycles. The van der Waals surface area contributed by atoms with Crippen molar-refractivity contribution in [2.24, 2.45) is 0 Å². The number of hydrogen-bond donors (Lipinski definition) is 1. The lowest BCUT2D eigenvalue weighted by Crippen LogP contribution is -2.26. The Morgan fingerprint density at radius 2 is 1.81 bits per heavy atom. The van der Waals surface area contributed by atoms with Crippen molar-refractivity contribution in [3.8, 4) is 0 Å². The lowest BCUT2D eigenvalue weighted by atomic mass is 9.87. The van der Waals surface area contributed by atoms with E-state index >= 15 is 0 Å². The second kappa shape index (κ2) is 8.90. The van der Waals surface area contributed by atoms with Crippen LogP contribution in [0.3, 0.4) is 0 Å². The average molecular weight is 363 g/mol. The minimum Gasteiger partial charge on any atom is -0.356 e. The highest BCUT2D eigenvalue weighted by Crippen LogP contribution is 2.36. The average Bonchev–Trinajstić information content (AvgIpc) is 3.10. The van der Waals surface area contributed by atoms with E-state index in [0.29, 0.717) is 6.42 Å². The lowest BCUT2D eigenvalue weighted by Gasteiger charge is -2.17. The van der Waals surface area contributed by atoms with Crippen molar-refractivity contribution in [3.05, 3.63) is 71.4 Å². The third-order valence-electron chi connectivity index (χ3n) is 5.27. The van der Waals surface area contributed by atoms with Crippen LogP contribution >= 0.6 is 0 Å². The van der Waals surface area contributed by atoms with Gasteiger partial charge in [0.05, 0.1) is 5.52 Å². The molecule has 27 heavy (non-hydrogen) atoms. The molecule has 0 saturated carbocycles. The Bertz CT molecular complexity index is 895. The van der Waals surface area contributed by atoms with Gasteiger partial charge in [0.15, 0.2) is 0 Å². The first-order chi connectivity index (χ1) is 13.2. The summed E-state index contributed by atoms with van der Waals surface area (Å²) in [6.45, 7) is 8.12. The van der Waals surface area contributed by atoms with E-state index in [0.717, 1.165) is 25.9 Å². The number of hydrogen-bond acceptors (Lipinski definition) is 1. The van der Waals surface area contributed by atoms with E-state index in [4.69, 9.17) is 0 Å². The smallest absolute Gasteiger partial charge is 0.220 e. The number of nitrogens with zero attached hydrogens (tertiary/aromatic N) is 1. The van der Waals surface area contributed by atoms with Gasteiger partial charge in [-0.2, -0.15) is 0 Å². The zero-order valence-electron chi connectivity index (χ0n) is 16.7. The van der Waals surface area contributed by atoms with Crippen LogP contribution in [0.15, 0.2) is 54.7 Å². The summed E-state index contributed by atoms with van der Waals surface area (Å²) in [5.41, 5.74) is 5.12. The third kappa shape index (κ3) is 4.08. The van der Waals surface area contributed by atoms with Crippen LogP contribution in [0.2, 0.25) is 0 Å². The largest absolute Gasteiger partial charge is 0.356 e. The Morgan fingerprint density at radius 3 is 2.48 bits per heavy atom. The molecule has 3 nitrogen and oxygen atoms in total. The Balaban J connectivity index is 2.11. The summed E-state index contributed by atoms with van der Waals surface area (Å²) in [6.07, 6.45) is 4.70. The minimum atomic E-state index is 0.0606. The summed E-state index contributed by atoms with van der Waals surface area (Å²) < 4.78 is 2.34. The molecule has 1 aromatic heterocycles. The highest BCUT2D eigenvalue weighted by molar-refractivity contribution is 5.89. The molecule has 1 N–H and O–H groups in total. The zero-order valence-corrected chi connectivity index (χ0v) is 16.7. The van der Waals surface area contributed by atoms with Gasteiger partial charge in [-0.1, -0.05) is 62.4 Å². The molecule has 1 atom stereocenters. The molecule has 0 unspecified atom stereocenters. The van der Waals surface area contributed by atoms with E-state index in [1.807, 2.05) is 6.07 Å². The van der Waals surface area contributed by atoms with E-state index < -0.39 is 0 Å². The number of nitrogens with one attached hydrogen (secondary N) is 1. The first-order valence-electron chi connectivity index (χ1n) is 10.1.